The molecule has 23 heavy (non-hydrogen) atoms. The molecule has 138 valence electrons. The van der Waals surface area contributed by atoms with E-state index in [9.17, 15) is 18.0 Å². The monoisotopic (exact) mass is 338 g/mol. The van der Waals surface area contributed by atoms with Crippen LogP contribution in [0.2, 0.25) is 0 Å². The van der Waals surface area contributed by atoms with Crippen LogP contribution in [-0.4, -0.2) is 18.2 Å². The number of unbranched alkanes of at least 4 members (excludes halogenated alkanes) is 9. The molecule has 0 amide bonds. The fourth-order valence-corrected chi connectivity index (χ4v) is 2.66. The van der Waals surface area contributed by atoms with E-state index < -0.39 is 18.2 Å². The number of hydrogen-bond acceptors (Lipinski definition) is 2. The Kier molecular flexibility index (Phi) is 13.2. The zero-order valence-corrected chi connectivity index (χ0v) is 14.7. The molecule has 0 aromatic heterocycles. The molecule has 0 aromatic rings. The molecule has 0 aliphatic rings. The van der Waals surface area contributed by atoms with Crippen LogP contribution in [0.1, 0.15) is 97.3 Å². The third-order valence-corrected chi connectivity index (χ3v) is 4.00. The van der Waals surface area contributed by atoms with E-state index in [0.717, 1.165) is 19.3 Å². The Balaban J connectivity index is 3.67. The van der Waals surface area contributed by atoms with Crippen molar-refractivity contribution >= 4 is 5.97 Å². The van der Waals surface area contributed by atoms with Gasteiger partial charge in [0.05, 0.1) is 0 Å². The smallest absolute Gasteiger partial charge is 0.456 e. The van der Waals surface area contributed by atoms with E-state index in [1.54, 1.807) is 0 Å². The van der Waals surface area contributed by atoms with Gasteiger partial charge in [-0.05, 0) is 19.3 Å². The number of rotatable bonds is 14. The summed E-state index contributed by atoms with van der Waals surface area (Å²) in [6, 6.07) is 0. The molecule has 0 aliphatic carbocycles. The Bertz CT molecular complexity index is 290. The van der Waals surface area contributed by atoms with Crippen molar-refractivity contribution in [3.63, 3.8) is 0 Å². The van der Waals surface area contributed by atoms with Gasteiger partial charge in [0.25, 0.3) is 0 Å². The van der Waals surface area contributed by atoms with Crippen molar-refractivity contribution in [3.8, 4) is 0 Å². The molecule has 0 fully saturated rings. The molecule has 0 N–H and O–H groups in total. The van der Waals surface area contributed by atoms with Crippen LogP contribution in [0.15, 0.2) is 0 Å². The second kappa shape index (κ2) is 13.7. The van der Waals surface area contributed by atoms with E-state index in [2.05, 4.69) is 11.7 Å². The number of halogens is 3. The highest BCUT2D eigenvalue weighted by atomic mass is 19.4. The van der Waals surface area contributed by atoms with Crippen LogP contribution in [-0.2, 0) is 9.53 Å². The predicted octanol–water partition coefficient (Wildman–Crippen LogP) is 6.57. The summed E-state index contributed by atoms with van der Waals surface area (Å²) in [5.74, 6) is -2.05. The molecule has 1 atom stereocenters. The minimum absolute atomic E-state index is 0.499. The standard InChI is InChI=1S/C18H33F3O2/c1-3-5-6-7-8-9-10-11-12-13-15-16(14-4-2)23-17(22)18(19,20)21/h16H,3-15H2,1-2H3. The van der Waals surface area contributed by atoms with E-state index >= 15 is 0 Å². The van der Waals surface area contributed by atoms with Crippen molar-refractivity contribution in [1.29, 1.82) is 0 Å². The highest BCUT2D eigenvalue weighted by molar-refractivity contribution is 5.75. The summed E-state index contributed by atoms with van der Waals surface area (Å²) < 4.78 is 41.2. The highest BCUT2D eigenvalue weighted by Crippen LogP contribution is 2.21. The fraction of sp³-hybridized carbons (Fsp3) is 0.944. The molecular weight excluding hydrogens is 305 g/mol. The van der Waals surface area contributed by atoms with Gasteiger partial charge in [0, 0.05) is 0 Å². The van der Waals surface area contributed by atoms with Gasteiger partial charge in [0.2, 0.25) is 0 Å². The summed E-state index contributed by atoms with van der Waals surface area (Å²) in [6.07, 6.45) is 8.11. The van der Waals surface area contributed by atoms with Gasteiger partial charge in [0.1, 0.15) is 6.10 Å². The number of esters is 1. The van der Waals surface area contributed by atoms with Crippen LogP contribution in [0.4, 0.5) is 13.2 Å². The third-order valence-electron chi connectivity index (χ3n) is 4.00. The van der Waals surface area contributed by atoms with Gasteiger partial charge in [-0.15, -0.1) is 0 Å². The maximum absolute atomic E-state index is 12.2. The third kappa shape index (κ3) is 13.4. The van der Waals surface area contributed by atoms with Crippen LogP contribution >= 0.6 is 0 Å². The molecular formula is C18H33F3O2. The fourth-order valence-electron chi connectivity index (χ4n) is 2.66. The molecule has 0 spiro atoms. The number of ether oxygens (including phenoxy) is 1. The van der Waals surface area contributed by atoms with Gasteiger partial charge in [-0.2, -0.15) is 13.2 Å². The van der Waals surface area contributed by atoms with Gasteiger partial charge in [0.15, 0.2) is 0 Å². The topological polar surface area (TPSA) is 26.3 Å². The average molecular weight is 338 g/mol. The molecule has 0 aromatic carbocycles. The predicted molar refractivity (Wildman–Crippen MR) is 87.3 cm³/mol. The van der Waals surface area contributed by atoms with Crippen molar-refractivity contribution in [1.82, 2.24) is 0 Å². The first kappa shape index (κ1) is 22.3. The quantitative estimate of drug-likeness (QED) is 0.264. The van der Waals surface area contributed by atoms with Gasteiger partial charge in [-0.25, -0.2) is 4.79 Å². The van der Waals surface area contributed by atoms with Crippen molar-refractivity contribution in [2.45, 2.75) is 110 Å². The van der Waals surface area contributed by atoms with E-state index in [0.29, 0.717) is 19.3 Å². The molecule has 2 nitrogen and oxygen atoms in total. The molecule has 5 heteroatoms. The molecule has 1 unspecified atom stereocenters. The lowest BCUT2D eigenvalue weighted by Crippen LogP contribution is -2.30. The Labute approximate surface area is 139 Å². The minimum Gasteiger partial charge on any atom is -0.456 e. The Morgan fingerprint density at radius 3 is 1.70 bits per heavy atom. The Morgan fingerprint density at radius 1 is 0.783 bits per heavy atom. The largest absolute Gasteiger partial charge is 0.490 e. The molecule has 0 radical (unpaired) electrons. The first-order valence-electron chi connectivity index (χ1n) is 9.19. The van der Waals surface area contributed by atoms with Gasteiger partial charge < -0.3 is 4.74 Å². The maximum atomic E-state index is 12.2. The lowest BCUT2D eigenvalue weighted by Gasteiger charge is -2.18. The first-order valence-corrected chi connectivity index (χ1v) is 9.19. The summed E-state index contributed by atoms with van der Waals surface area (Å²) in [5, 5.41) is 0. The van der Waals surface area contributed by atoms with Gasteiger partial charge in [-0.3, -0.25) is 0 Å². The summed E-state index contributed by atoms with van der Waals surface area (Å²) in [7, 11) is 0. The second-order valence-corrected chi connectivity index (χ2v) is 6.28. The van der Waals surface area contributed by atoms with Crippen molar-refractivity contribution < 1.29 is 22.7 Å². The molecule has 0 saturated carbocycles. The maximum Gasteiger partial charge on any atom is 0.490 e. The van der Waals surface area contributed by atoms with Crippen molar-refractivity contribution in [2.24, 2.45) is 0 Å². The van der Waals surface area contributed by atoms with E-state index in [1.165, 1.54) is 44.9 Å². The van der Waals surface area contributed by atoms with Gasteiger partial charge in [-0.1, -0.05) is 78.1 Å². The van der Waals surface area contributed by atoms with Crippen LogP contribution in [0.25, 0.3) is 0 Å². The van der Waals surface area contributed by atoms with Crippen LogP contribution in [0.5, 0.6) is 0 Å². The summed E-state index contributed by atoms with van der Waals surface area (Å²) in [4.78, 5) is 10.9. The average Bonchev–Trinajstić information content (AvgIpc) is 2.48. The SMILES string of the molecule is CCCCCCCCCCCCC(CCC)OC(=O)C(F)(F)F. The number of carbonyl (C=O) groups is 1. The van der Waals surface area contributed by atoms with Gasteiger partial charge >= 0.3 is 12.1 Å². The molecule has 0 saturated heterocycles. The van der Waals surface area contributed by atoms with Crippen LogP contribution in [0.3, 0.4) is 0 Å². The second-order valence-electron chi connectivity index (χ2n) is 6.28. The zero-order chi connectivity index (χ0) is 17.6. The first-order chi connectivity index (χ1) is 10.9. The zero-order valence-electron chi connectivity index (χ0n) is 14.7. The molecule has 0 heterocycles. The number of carbonyl (C=O) groups excluding carboxylic acids is 1. The summed E-state index contributed by atoms with van der Waals surface area (Å²) in [5.41, 5.74) is 0. The van der Waals surface area contributed by atoms with E-state index in [1.807, 2.05) is 6.92 Å². The minimum atomic E-state index is -4.89. The summed E-state index contributed by atoms with van der Waals surface area (Å²) >= 11 is 0. The molecule has 0 rings (SSSR count). The lowest BCUT2D eigenvalue weighted by atomic mass is 10.0. The highest BCUT2D eigenvalue weighted by Gasteiger charge is 2.42. The number of alkyl halides is 3. The molecule has 0 aliphatic heterocycles. The van der Waals surface area contributed by atoms with E-state index in [-0.39, 0.29) is 0 Å². The van der Waals surface area contributed by atoms with Crippen LogP contribution in [0, 0.1) is 0 Å². The van der Waals surface area contributed by atoms with Crippen molar-refractivity contribution in [3.05, 3.63) is 0 Å². The Morgan fingerprint density at radius 2 is 1.26 bits per heavy atom. The number of hydrogen-bond donors (Lipinski definition) is 0. The van der Waals surface area contributed by atoms with E-state index in [4.69, 9.17) is 0 Å². The van der Waals surface area contributed by atoms with Crippen molar-refractivity contribution in [2.75, 3.05) is 0 Å². The summed E-state index contributed by atoms with van der Waals surface area (Å²) in [6.45, 7) is 4.09. The molecule has 0 bridgehead atoms. The Hall–Kier alpha value is -0.740. The normalized spacial score (nSPS) is 13.1. The van der Waals surface area contributed by atoms with Crippen LogP contribution < -0.4 is 0 Å². The lowest BCUT2D eigenvalue weighted by molar-refractivity contribution is -0.205.